The second-order valence-electron chi connectivity index (χ2n) is 4.02. The van der Waals surface area contributed by atoms with Gasteiger partial charge in [0.25, 0.3) is 0 Å². The maximum atomic E-state index is 11.5. The van der Waals surface area contributed by atoms with Gasteiger partial charge in [-0.1, -0.05) is 13.8 Å². The normalized spacial score (nSPS) is 11.4. The molecule has 0 saturated carbocycles. The zero-order valence-corrected chi connectivity index (χ0v) is 9.94. The van der Waals surface area contributed by atoms with E-state index in [1.807, 2.05) is 7.05 Å². The molecular formula is C11H24N2O. The fourth-order valence-corrected chi connectivity index (χ4v) is 1.25. The third-order valence-electron chi connectivity index (χ3n) is 2.83. The van der Waals surface area contributed by atoms with Crippen molar-refractivity contribution < 1.29 is 4.79 Å². The summed E-state index contributed by atoms with van der Waals surface area (Å²) in [6.07, 6.45) is 3.50. The van der Waals surface area contributed by atoms with Crippen LogP contribution in [0.5, 0.6) is 0 Å². The van der Waals surface area contributed by atoms with Crippen molar-refractivity contribution in [2.75, 3.05) is 13.6 Å². The number of hydrogen-bond donors (Lipinski definition) is 2. The Morgan fingerprint density at radius 2 is 1.86 bits per heavy atom. The molecule has 1 amide bonds. The van der Waals surface area contributed by atoms with Crippen molar-refractivity contribution in [3.63, 3.8) is 0 Å². The smallest absolute Gasteiger partial charge is 0.220 e. The Hall–Kier alpha value is -0.570. The van der Waals surface area contributed by atoms with Crippen molar-refractivity contribution in [2.45, 2.75) is 52.0 Å². The molecule has 3 nitrogen and oxygen atoms in total. The van der Waals surface area contributed by atoms with E-state index in [-0.39, 0.29) is 11.4 Å². The van der Waals surface area contributed by atoms with Gasteiger partial charge in [-0.15, -0.1) is 0 Å². The van der Waals surface area contributed by atoms with E-state index in [2.05, 4.69) is 31.4 Å². The van der Waals surface area contributed by atoms with Gasteiger partial charge >= 0.3 is 0 Å². The highest BCUT2D eigenvalue weighted by Crippen LogP contribution is 2.13. The van der Waals surface area contributed by atoms with Crippen LogP contribution in [0, 0.1) is 0 Å². The third kappa shape index (κ3) is 5.22. The van der Waals surface area contributed by atoms with Crippen molar-refractivity contribution in [1.82, 2.24) is 10.6 Å². The van der Waals surface area contributed by atoms with Crippen LogP contribution < -0.4 is 10.6 Å². The summed E-state index contributed by atoms with van der Waals surface area (Å²) >= 11 is 0. The van der Waals surface area contributed by atoms with E-state index >= 15 is 0 Å². The number of nitrogens with one attached hydrogen (secondary N) is 2. The lowest BCUT2D eigenvalue weighted by atomic mass is 9.95. The molecule has 0 bridgehead atoms. The molecule has 2 N–H and O–H groups in total. The molecule has 0 fully saturated rings. The summed E-state index contributed by atoms with van der Waals surface area (Å²) in [5.41, 5.74) is -0.0171. The van der Waals surface area contributed by atoms with Gasteiger partial charge < -0.3 is 10.6 Å². The predicted octanol–water partition coefficient (Wildman–Crippen LogP) is 1.68. The van der Waals surface area contributed by atoms with Crippen LogP contribution in [0.1, 0.15) is 46.5 Å². The first-order valence-electron chi connectivity index (χ1n) is 5.53. The van der Waals surface area contributed by atoms with Crippen LogP contribution in [0.15, 0.2) is 0 Å². The van der Waals surface area contributed by atoms with E-state index in [4.69, 9.17) is 0 Å². The standard InChI is InChI=1S/C11H24N2O/c1-5-11(3,6-2)13-10(14)8-7-9-12-4/h12H,5-9H2,1-4H3,(H,13,14). The van der Waals surface area contributed by atoms with E-state index in [9.17, 15) is 4.79 Å². The van der Waals surface area contributed by atoms with Crippen molar-refractivity contribution >= 4 is 5.91 Å². The van der Waals surface area contributed by atoms with Gasteiger partial charge in [-0.3, -0.25) is 4.79 Å². The Kier molecular flexibility index (Phi) is 6.54. The second-order valence-corrected chi connectivity index (χ2v) is 4.02. The summed E-state index contributed by atoms with van der Waals surface area (Å²) < 4.78 is 0. The number of rotatable bonds is 7. The predicted molar refractivity (Wildman–Crippen MR) is 60.3 cm³/mol. The average molecular weight is 200 g/mol. The molecule has 3 heteroatoms. The van der Waals surface area contributed by atoms with E-state index < -0.39 is 0 Å². The lowest BCUT2D eigenvalue weighted by Gasteiger charge is -2.28. The highest BCUT2D eigenvalue weighted by Gasteiger charge is 2.20. The Morgan fingerprint density at radius 3 is 2.29 bits per heavy atom. The molecule has 0 atom stereocenters. The lowest BCUT2D eigenvalue weighted by Crippen LogP contribution is -2.45. The van der Waals surface area contributed by atoms with Crippen LogP contribution in [-0.4, -0.2) is 25.0 Å². The monoisotopic (exact) mass is 200 g/mol. The van der Waals surface area contributed by atoms with Crippen LogP contribution in [-0.2, 0) is 4.79 Å². The molecule has 0 unspecified atom stereocenters. The van der Waals surface area contributed by atoms with Crippen molar-refractivity contribution in [1.29, 1.82) is 0 Å². The molecule has 0 aliphatic carbocycles. The van der Waals surface area contributed by atoms with Gasteiger partial charge in [0.2, 0.25) is 5.91 Å². The average Bonchev–Trinajstić information content (AvgIpc) is 2.18. The van der Waals surface area contributed by atoms with Crippen molar-refractivity contribution in [3.8, 4) is 0 Å². The maximum absolute atomic E-state index is 11.5. The molecule has 0 aromatic heterocycles. The fraction of sp³-hybridized carbons (Fsp3) is 0.909. The summed E-state index contributed by atoms with van der Waals surface area (Å²) in [5, 5.41) is 6.12. The van der Waals surface area contributed by atoms with E-state index in [0.29, 0.717) is 6.42 Å². The van der Waals surface area contributed by atoms with Crippen molar-refractivity contribution in [3.05, 3.63) is 0 Å². The minimum absolute atomic E-state index is 0.0171. The lowest BCUT2D eigenvalue weighted by molar-refractivity contribution is -0.123. The number of carbonyl (C=O) groups excluding carboxylic acids is 1. The summed E-state index contributed by atoms with van der Waals surface area (Å²) in [6, 6.07) is 0. The first-order chi connectivity index (χ1) is 6.58. The van der Waals surface area contributed by atoms with Gasteiger partial charge in [-0.05, 0) is 39.8 Å². The number of hydrogen-bond acceptors (Lipinski definition) is 2. The van der Waals surface area contributed by atoms with Gasteiger partial charge in [-0.25, -0.2) is 0 Å². The molecule has 14 heavy (non-hydrogen) atoms. The zero-order valence-electron chi connectivity index (χ0n) is 9.94. The minimum atomic E-state index is -0.0171. The van der Waals surface area contributed by atoms with Gasteiger partial charge in [-0.2, -0.15) is 0 Å². The van der Waals surface area contributed by atoms with Gasteiger partial charge in [0.05, 0.1) is 0 Å². The summed E-state index contributed by atoms with van der Waals surface area (Å²) in [6.45, 7) is 7.22. The third-order valence-corrected chi connectivity index (χ3v) is 2.83. The summed E-state index contributed by atoms with van der Waals surface area (Å²) in [5.74, 6) is 0.173. The molecule has 0 aliphatic heterocycles. The SMILES string of the molecule is CCC(C)(CC)NC(=O)CCCNC. The molecule has 84 valence electrons. The fourth-order valence-electron chi connectivity index (χ4n) is 1.25. The molecule has 0 radical (unpaired) electrons. The molecule has 0 heterocycles. The molecule has 0 aromatic rings. The molecular weight excluding hydrogens is 176 g/mol. The molecule has 0 saturated heterocycles. The van der Waals surface area contributed by atoms with Crippen molar-refractivity contribution in [2.24, 2.45) is 0 Å². The van der Waals surface area contributed by atoms with Crippen LogP contribution in [0.4, 0.5) is 0 Å². The Morgan fingerprint density at radius 1 is 1.29 bits per heavy atom. The quantitative estimate of drug-likeness (QED) is 0.614. The van der Waals surface area contributed by atoms with Crippen LogP contribution in [0.3, 0.4) is 0 Å². The highest BCUT2D eigenvalue weighted by atomic mass is 16.1. The number of carbonyl (C=O) groups is 1. The van der Waals surface area contributed by atoms with E-state index in [1.54, 1.807) is 0 Å². The Bertz CT molecular complexity index is 165. The highest BCUT2D eigenvalue weighted by molar-refractivity contribution is 5.76. The van der Waals surface area contributed by atoms with E-state index in [1.165, 1.54) is 0 Å². The second kappa shape index (κ2) is 6.82. The van der Waals surface area contributed by atoms with Crippen LogP contribution in [0.25, 0.3) is 0 Å². The van der Waals surface area contributed by atoms with Crippen LogP contribution >= 0.6 is 0 Å². The molecule has 0 spiro atoms. The van der Waals surface area contributed by atoms with Crippen LogP contribution in [0.2, 0.25) is 0 Å². The van der Waals surface area contributed by atoms with E-state index in [0.717, 1.165) is 25.8 Å². The molecule has 0 rings (SSSR count). The zero-order chi connectivity index (χ0) is 11.0. The van der Waals surface area contributed by atoms with Gasteiger partial charge in [0.1, 0.15) is 0 Å². The first kappa shape index (κ1) is 13.4. The summed E-state index contributed by atoms with van der Waals surface area (Å²) in [7, 11) is 1.90. The Balaban J connectivity index is 3.80. The largest absolute Gasteiger partial charge is 0.351 e. The number of amides is 1. The topological polar surface area (TPSA) is 41.1 Å². The molecule has 0 aliphatic rings. The maximum Gasteiger partial charge on any atom is 0.220 e. The van der Waals surface area contributed by atoms with Gasteiger partial charge in [0, 0.05) is 12.0 Å². The minimum Gasteiger partial charge on any atom is -0.351 e. The first-order valence-corrected chi connectivity index (χ1v) is 5.53. The van der Waals surface area contributed by atoms with Gasteiger partial charge in [0.15, 0.2) is 0 Å². The Labute approximate surface area is 87.6 Å². The molecule has 0 aromatic carbocycles. The summed E-state index contributed by atoms with van der Waals surface area (Å²) in [4.78, 5) is 11.5.